The van der Waals surface area contributed by atoms with Gasteiger partial charge >= 0.3 is 0 Å². The standard InChI is InChI=1S/C13H13ClN2O4S/c14-6-12(17)16-7-8-2-1-3-10-9(8)4-5-11(15)13(10)21(18,19)20/h1-5H,6-7,15H2,(H,16,17)(H,18,19,20). The zero-order valence-corrected chi connectivity index (χ0v) is 12.4. The molecule has 0 spiro atoms. The van der Waals surface area contributed by atoms with Crippen molar-refractivity contribution in [3.05, 3.63) is 35.9 Å². The topological polar surface area (TPSA) is 109 Å². The second kappa shape index (κ2) is 5.88. The lowest BCUT2D eigenvalue weighted by Crippen LogP contribution is -2.23. The minimum absolute atomic E-state index is 0.0352. The van der Waals surface area contributed by atoms with Crippen molar-refractivity contribution >= 4 is 44.1 Å². The summed E-state index contributed by atoms with van der Waals surface area (Å²) in [5.41, 5.74) is 6.30. The molecule has 0 saturated carbocycles. The van der Waals surface area contributed by atoms with E-state index in [-0.39, 0.29) is 28.9 Å². The van der Waals surface area contributed by atoms with Crippen LogP contribution < -0.4 is 11.1 Å². The van der Waals surface area contributed by atoms with Gasteiger partial charge in [0.15, 0.2) is 0 Å². The number of nitrogens with two attached hydrogens (primary N) is 1. The van der Waals surface area contributed by atoms with Gasteiger partial charge in [-0.15, -0.1) is 11.6 Å². The van der Waals surface area contributed by atoms with E-state index in [1.54, 1.807) is 24.3 Å². The van der Waals surface area contributed by atoms with Crippen molar-refractivity contribution in [2.75, 3.05) is 11.6 Å². The highest BCUT2D eigenvalue weighted by Crippen LogP contribution is 2.30. The molecule has 0 fully saturated rings. The Labute approximate surface area is 126 Å². The maximum absolute atomic E-state index is 11.5. The molecule has 0 radical (unpaired) electrons. The summed E-state index contributed by atoms with van der Waals surface area (Å²) in [6.45, 7) is 0.192. The third kappa shape index (κ3) is 3.26. The van der Waals surface area contributed by atoms with E-state index in [0.29, 0.717) is 16.3 Å². The Hall–Kier alpha value is -1.83. The summed E-state index contributed by atoms with van der Waals surface area (Å²) in [4.78, 5) is 10.9. The zero-order chi connectivity index (χ0) is 15.6. The summed E-state index contributed by atoms with van der Waals surface area (Å²) in [7, 11) is -4.45. The Kier molecular flexibility index (Phi) is 4.36. The molecule has 21 heavy (non-hydrogen) atoms. The van der Waals surface area contributed by atoms with Gasteiger partial charge in [-0.25, -0.2) is 0 Å². The first-order valence-corrected chi connectivity index (χ1v) is 7.92. The van der Waals surface area contributed by atoms with Crippen LogP contribution in [0.5, 0.6) is 0 Å². The quantitative estimate of drug-likeness (QED) is 0.448. The first kappa shape index (κ1) is 15.6. The third-order valence-corrected chi connectivity index (χ3v) is 4.20. The van der Waals surface area contributed by atoms with E-state index in [2.05, 4.69) is 5.32 Å². The van der Waals surface area contributed by atoms with Crippen LogP contribution in [0.2, 0.25) is 0 Å². The lowest BCUT2D eigenvalue weighted by Gasteiger charge is -2.11. The van der Waals surface area contributed by atoms with Gasteiger partial charge in [-0.3, -0.25) is 9.35 Å². The third-order valence-electron chi connectivity index (χ3n) is 2.99. The van der Waals surface area contributed by atoms with Gasteiger partial charge in [0, 0.05) is 11.9 Å². The minimum atomic E-state index is -4.45. The van der Waals surface area contributed by atoms with Gasteiger partial charge in [-0.1, -0.05) is 24.3 Å². The van der Waals surface area contributed by atoms with Gasteiger partial charge < -0.3 is 11.1 Å². The highest BCUT2D eigenvalue weighted by molar-refractivity contribution is 7.86. The molecule has 2 aromatic rings. The average Bonchev–Trinajstić information content (AvgIpc) is 2.42. The predicted octanol–water partition coefficient (Wildman–Crippen LogP) is 1.52. The van der Waals surface area contributed by atoms with Crippen LogP contribution >= 0.6 is 11.6 Å². The summed E-state index contributed by atoms with van der Waals surface area (Å²) >= 11 is 5.40. The Balaban J connectivity index is 2.59. The lowest BCUT2D eigenvalue weighted by atomic mass is 10.0. The number of fused-ring (bicyclic) bond motifs is 1. The molecule has 6 nitrogen and oxygen atoms in total. The summed E-state index contributed by atoms with van der Waals surface area (Å²) in [5.74, 6) is -0.493. The molecule has 0 heterocycles. The first-order valence-electron chi connectivity index (χ1n) is 5.95. The number of alkyl halides is 1. The Morgan fingerprint density at radius 2 is 1.95 bits per heavy atom. The van der Waals surface area contributed by atoms with Crippen LogP contribution in [0, 0.1) is 0 Å². The number of carbonyl (C=O) groups is 1. The Morgan fingerprint density at radius 1 is 1.24 bits per heavy atom. The number of halogens is 1. The van der Waals surface area contributed by atoms with Crippen molar-refractivity contribution in [3.63, 3.8) is 0 Å². The average molecular weight is 329 g/mol. The van der Waals surface area contributed by atoms with Crippen molar-refractivity contribution in [3.8, 4) is 0 Å². The van der Waals surface area contributed by atoms with Crippen molar-refractivity contribution in [2.24, 2.45) is 0 Å². The molecular weight excluding hydrogens is 316 g/mol. The highest BCUT2D eigenvalue weighted by atomic mass is 35.5. The molecule has 1 amide bonds. The maximum Gasteiger partial charge on any atom is 0.297 e. The van der Waals surface area contributed by atoms with Crippen LogP contribution in [0.1, 0.15) is 5.56 Å². The van der Waals surface area contributed by atoms with Gasteiger partial charge in [0.05, 0.1) is 5.69 Å². The van der Waals surface area contributed by atoms with Gasteiger partial charge in [-0.2, -0.15) is 8.42 Å². The van der Waals surface area contributed by atoms with E-state index in [0.717, 1.165) is 0 Å². The second-order valence-electron chi connectivity index (χ2n) is 4.38. The van der Waals surface area contributed by atoms with Gasteiger partial charge in [0.2, 0.25) is 5.91 Å². The molecule has 8 heteroatoms. The lowest BCUT2D eigenvalue weighted by molar-refractivity contribution is -0.118. The van der Waals surface area contributed by atoms with Crippen LogP contribution in [0.4, 0.5) is 5.69 Å². The molecule has 112 valence electrons. The van der Waals surface area contributed by atoms with E-state index in [9.17, 15) is 17.8 Å². The fourth-order valence-corrected chi connectivity index (χ4v) is 3.01. The van der Waals surface area contributed by atoms with E-state index < -0.39 is 10.1 Å². The maximum atomic E-state index is 11.5. The largest absolute Gasteiger partial charge is 0.398 e. The first-order chi connectivity index (χ1) is 9.84. The Morgan fingerprint density at radius 3 is 2.57 bits per heavy atom. The molecule has 0 atom stereocenters. The molecule has 0 aliphatic rings. The van der Waals surface area contributed by atoms with Crippen molar-refractivity contribution < 1.29 is 17.8 Å². The summed E-state index contributed by atoms with van der Waals surface area (Å²) in [5, 5.41) is 3.48. The van der Waals surface area contributed by atoms with E-state index in [1.807, 2.05) is 0 Å². The van der Waals surface area contributed by atoms with E-state index >= 15 is 0 Å². The number of nitrogens with one attached hydrogen (secondary N) is 1. The molecule has 0 saturated heterocycles. The molecule has 2 rings (SSSR count). The molecule has 0 aliphatic carbocycles. The van der Waals surface area contributed by atoms with Crippen LogP contribution in [0.25, 0.3) is 10.8 Å². The molecule has 4 N–H and O–H groups in total. The molecular formula is C13H13ClN2O4S. The number of rotatable bonds is 4. The van der Waals surface area contributed by atoms with Crippen LogP contribution in [0.3, 0.4) is 0 Å². The highest BCUT2D eigenvalue weighted by Gasteiger charge is 2.18. The SMILES string of the molecule is Nc1ccc2c(CNC(=O)CCl)cccc2c1S(=O)(=O)O. The smallest absolute Gasteiger partial charge is 0.297 e. The Bertz CT molecular complexity index is 805. The minimum Gasteiger partial charge on any atom is -0.398 e. The number of hydrogen-bond acceptors (Lipinski definition) is 4. The predicted molar refractivity (Wildman–Crippen MR) is 80.7 cm³/mol. The molecule has 0 aliphatic heterocycles. The number of anilines is 1. The summed E-state index contributed by atoms with van der Waals surface area (Å²) < 4.78 is 32.3. The molecule has 2 aromatic carbocycles. The number of benzene rings is 2. The van der Waals surface area contributed by atoms with Crippen LogP contribution in [-0.4, -0.2) is 24.8 Å². The fourth-order valence-electron chi connectivity index (χ4n) is 2.10. The van der Waals surface area contributed by atoms with E-state index in [1.165, 1.54) is 6.07 Å². The van der Waals surface area contributed by atoms with Gasteiger partial charge in [-0.05, 0) is 17.0 Å². The zero-order valence-electron chi connectivity index (χ0n) is 10.8. The van der Waals surface area contributed by atoms with Crippen LogP contribution in [-0.2, 0) is 21.5 Å². The molecule has 0 unspecified atom stereocenters. The van der Waals surface area contributed by atoms with Crippen molar-refractivity contribution in [2.45, 2.75) is 11.4 Å². The molecule has 0 aromatic heterocycles. The number of nitrogen functional groups attached to an aromatic ring is 1. The summed E-state index contributed by atoms with van der Waals surface area (Å²) in [6.07, 6.45) is 0. The normalized spacial score (nSPS) is 11.5. The molecule has 0 bridgehead atoms. The van der Waals surface area contributed by atoms with Crippen molar-refractivity contribution in [1.82, 2.24) is 5.32 Å². The number of carbonyl (C=O) groups excluding carboxylic acids is 1. The van der Waals surface area contributed by atoms with E-state index in [4.69, 9.17) is 17.3 Å². The second-order valence-corrected chi connectivity index (χ2v) is 6.01. The number of amides is 1. The summed E-state index contributed by atoms with van der Waals surface area (Å²) in [6, 6.07) is 7.95. The van der Waals surface area contributed by atoms with Gasteiger partial charge in [0.25, 0.3) is 10.1 Å². The van der Waals surface area contributed by atoms with Crippen LogP contribution in [0.15, 0.2) is 35.2 Å². The monoisotopic (exact) mass is 328 g/mol. The van der Waals surface area contributed by atoms with Gasteiger partial charge in [0.1, 0.15) is 10.8 Å². The van der Waals surface area contributed by atoms with Crippen molar-refractivity contribution in [1.29, 1.82) is 0 Å². The number of hydrogen-bond donors (Lipinski definition) is 3. The fraction of sp³-hybridized carbons (Fsp3) is 0.154.